The topological polar surface area (TPSA) is 154 Å². The first kappa shape index (κ1) is 31.2. The second-order valence-electron chi connectivity index (χ2n) is 11.9. The molecule has 0 aromatic heterocycles. The molecule has 3 rings (SSSR count). The quantitative estimate of drug-likeness (QED) is 0.202. The number of urea groups is 1. The average molecular weight is 560 g/mol. The summed E-state index contributed by atoms with van der Waals surface area (Å²) in [5.74, 6) is 0.962. The lowest BCUT2D eigenvalue weighted by molar-refractivity contribution is -0.135. The molecule has 2 fully saturated rings. The van der Waals surface area contributed by atoms with E-state index >= 15 is 0 Å². The van der Waals surface area contributed by atoms with Crippen molar-refractivity contribution in [3.05, 3.63) is 29.8 Å². The van der Waals surface area contributed by atoms with Gasteiger partial charge in [-0.3, -0.25) is 14.5 Å². The molecule has 1 aromatic carbocycles. The number of Topliss-reactive ketones (excluding diaryl/α,β-unsaturated/α-hetero) is 1. The van der Waals surface area contributed by atoms with Gasteiger partial charge < -0.3 is 31.1 Å². The second kappa shape index (κ2) is 14.3. The highest BCUT2D eigenvalue weighted by Crippen LogP contribution is 2.33. The third kappa shape index (κ3) is 10.0. The molecule has 11 nitrogen and oxygen atoms in total. The van der Waals surface area contributed by atoms with Gasteiger partial charge in [0.2, 0.25) is 5.91 Å². The Morgan fingerprint density at radius 1 is 1.00 bits per heavy atom. The molecular formula is C29H45N5O6. The van der Waals surface area contributed by atoms with E-state index in [2.05, 4.69) is 15.5 Å². The van der Waals surface area contributed by atoms with Gasteiger partial charge in [0.15, 0.2) is 5.78 Å². The molecule has 1 saturated carbocycles. The van der Waals surface area contributed by atoms with Crippen molar-refractivity contribution in [2.45, 2.75) is 71.4 Å². The second-order valence-corrected chi connectivity index (χ2v) is 11.9. The van der Waals surface area contributed by atoms with Crippen molar-refractivity contribution < 1.29 is 29.0 Å². The Morgan fingerprint density at radius 2 is 1.65 bits per heavy atom. The maximum atomic E-state index is 13.2. The van der Waals surface area contributed by atoms with Crippen LogP contribution in [0.25, 0.3) is 0 Å². The van der Waals surface area contributed by atoms with E-state index in [1.807, 2.05) is 45.0 Å². The van der Waals surface area contributed by atoms with Gasteiger partial charge in [-0.15, -0.1) is 0 Å². The molecule has 1 aliphatic heterocycles. The molecule has 1 unspecified atom stereocenters. The van der Waals surface area contributed by atoms with Gasteiger partial charge in [-0.25, -0.2) is 9.59 Å². The maximum Gasteiger partial charge on any atom is 0.405 e. The first-order chi connectivity index (χ1) is 18.9. The number of nitrogens with one attached hydrogen (secondary N) is 2. The van der Waals surface area contributed by atoms with E-state index in [1.54, 1.807) is 4.90 Å². The molecule has 2 atom stereocenters. The Balaban J connectivity index is 1.38. The van der Waals surface area contributed by atoms with Crippen LogP contribution in [0.3, 0.4) is 0 Å². The first-order valence-electron chi connectivity index (χ1n) is 14.3. The van der Waals surface area contributed by atoms with Crippen LogP contribution in [0.15, 0.2) is 24.3 Å². The van der Waals surface area contributed by atoms with Gasteiger partial charge in [0, 0.05) is 50.2 Å². The number of primary amides is 1. The largest absolute Gasteiger partial charge is 0.494 e. The van der Waals surface area contributed by atoms with Crippen molar-refractivity contribution >= 4 is 23.8 Å². The Kier molecular flexibility index (Phi) is 11.2. The SMILES string of the molecule is CC(C)(C)C(CCC[C@@H](NC(=O)O)C(=O)N1CCN(CCCOc2ccc(C(=O)C3CC3)cc2)CC1)NC(N)=O. The van der Waals surface area contributed by atoms with Gasteiger partial charge in [0.1, 0.15) is 11.8 Å². The lowest BCUT2D eigenvalue weighted by Crippen LogP contribution is -2.55. The van der Waals surface area contributed by atoms with E-state index in [9.17, 15) is 24.3 Å². The van der Waals surface area contributed by atoms with Crippen LogP contribution < -0.4 is 21.1 Å². The Bertz CT molecular complexity index is 1010. The van der Waals surface area contributed by atoms with Crippen molar-refractivity contribution in [3.8, 4) is 5.75 Å². The number of amides is 4. The van der Waals surface area contributed by atoms with Crippen molar-refractivity contribution in [2.24, 2.45) is 17.1 Å². The Labute approximate surface area is 236 Å². The molecule has 0 radical (unpaired) electrons. The number of rotatable bonds is 14. The van der Waals surface area contributed by atoms with Gasteiger partial charge in [-0.1, -0.05) is 20.8 Å². The number of hydrogen-bond donors (Lipinski definition) is 4. The molecule has 4 amide bonds. The normalized spacial score (nSPS) is 17.5. The average Bonchev–Trinajstić information content (AvgIpc) is 3.74. The molecule has 0 bridgehead atoms. The molecule has 0 spiro atoms. The molecule has 5 N–H and O–H groups in total. The summed E-state index contributed by atoms with van der Waals surface area (Å²) >= 11 is 0. The Morgan fingerprint density at radius 3 is 2.20 bits per heavy atom. The van der Waals surface area contributed by atoms with Crippen LogP contribution in [0.4, 0.5) is 9.59 Å². The third-order valence-electron chi connectivity index (χ3n) is 7.60. The van der Waals surface area contributed by atoms with Crippen LogP contribution >= 0.6 is 0 Å². The number of nitrogens with zero attached hydrogens (tertiary/aromatic N) is 2. The van der Waals surface area contributed by atoms with E-state index in [4.69, 9.17) is 10.5 Å². The summed E-state index contributed by atoms with van der Waals surface area (Å²) in [6.45, 7) is 9.84. The highest BCUT2D eigenvalue weighted by Gasteiger charge is 2.31. The molecular weight excluding hydrogens is 514 g/mol. The summed E-state index contributed by atoms with van der Waals surface area (Å²) in [6.07, 6.45) is 3.06. The summed E-state index contributed by atoms with van der Waals surface area (Å²) in [7, 11) is 0. The molecule has 1 aliphatic carbocycles. The molecule has 1 saturated heterocycles. The number of benzene rings is 1. The number of piperazine rings is 1. The standard InChI is InChI=1S/C29H45N5O6/c1-29(2,3)24(32-27(30)37)7-4-6-23(31-28(38)39)26(36)34-17-15-33(16-18-34)14-5-19-40-22-12-10-21(11-13-22)25(35)20-8-9-20/h10-13,20,23-24,31H,4-9,14-19H2,1-3H3,(H,38,39)(H3,30,32,37)/t23-,24?/m1/s1. The minimum Gasteiger partial charge on any atom is -0.494 e. The number of ketones is 1. The molecule has 40 heavy (non-hydrogen) atoms. The monoisotopic (exact) mass is 559 g/mol. The molecule has 1 heterocycles. The van der Waals surface area contributed by atoms with E-state index in [0.717, 1.165) is 37.1 Å². The highest BCUT2D eigenvalue weighted by molar-refractivity contribution is 5.99. The van der Waals surface area contributed by atoms with Crippen molar-refractivity contribution in [1.82, 2.24) is 20.4 Å². The summed E-state index contributed by atoms with van der Waals surface area (Å²) in [5, 5.41) is 14.4. The minimum atomic E-state index is -1.23. The predicted octanol–water partition coefficient (Wildman–Crippen LogP) is 3.08. The first-order valence-corrected chi connectivity index (χ1v) is 14.3. The van der Waals surface area contributed by atoms with Crippen molar-refractivity contribution in [3.63, 3.8) is 0 Å². The number of carbonyl (C=O) groups excluding carboxylic acids is 3. The van der Waals surface area contributed by atoms with Crippen LogP contribution in [0.2, 0.25) is 0 Å². The van der Waals surface area contributed by atoms with Crippen LogP contribution in [0, 0.1) is 11.3 Å². The van der Waals surface area contributed by atoms with Gasteiger partial charge in [0.25, 0.3) is 0 Å². The lowest BCUT2D eigenvalue weighted by Gasteiger charge is -2.36. The lowest BCUT2D eigenvalue weighted by atomic mass is 9.83. The fourth-order valence-corrected chi connectivity index (χ4v) is 5.01. The fraction of sp³-hybridized carbons (Fsp3) is 0.655. The summed E-state index contributed by atoms with van der Waals surface area (Å²) in [5.41, 5.74) is 5.83. The smallest absolute Gasteiger partial charge is 0.405 e. The van der Waals surface area contributed by atoms with E-state index < -0.39 is 18.2 Å². The number of nitrogens with two attached hydrogens (primary N) is 1. The molecule has 2 aliphatic rings. The zero-order chi connectivity index (χ0) is 29.3. The molecule has 222 valence electrons. The van der Waals surface area contributed by atoms with Crippen LogP contribution in [0.5, 0.6) is 5.75 Å². The van der Waals surface area contributed by atoms with Crippen LogP contribution in [-0.4, -0.2) is 90.1 Å². The third-order valence-corrected chi connectivity index (χ3v) is 7.60. The van der Waals surface area contributed by atoms with Gasteiger partial charge in [-0.05, 0) is 68.2 Å². The summed E-state index contributed by atoms with van der Waals surface area (Å²) < 4.78 is 5.84. The van der Waals surface area contributed by atoms with Crippen molar-refractivity contribution in [1.29, 1.82) is 0 Å². The van der Waals surface area contributed by atoms with Crippen LogP contribution in [-0.2, 0) is 4.79 Å². The number of carboxylic acid groups (broad SMARTS) is 1. The number of carbonyl (C=O) groups is 4. The summed E-state index contributed by atoms with van der Waals surface area (Å²) in [6, 6.07) is 5.74. The zero-order valence-corrected chi connectivity index (χ0v) is 24.0. The molecule has 1 aromatic rings. The number of ether oxygens (including phenoxy) is 1. The van der Waals surface area contributed by atoms with Gasteiger partial charge in [0.05, 0.1) is 6.61 Å². The molecule has 11 heteroatoms. The van der Waals surface area contributed by atoms with Gasteiger partial charge >= 0.3 is 12.1 Å². The highest BCUT2D eigenvalue weighted by atomic mass is 16.5. The van der Waals surface area contributed by atoms with Gasteiger partial charge in [-0.2, -0.15) is 0 Å². The predicted molar refractivity (Wildman–Crippen MR) is 151 cm³/mol. The van der Waals surface area contributed by atoms with E-state index in [-0.39, 0.29) is 29.1 Å². The van der Waals surface area contributed by atoms with Crippen molar-refractivity contribution in [2.75, 3.05) is 39.3 Å². The maximum absolute atomic E-state index is 13.2. The zero-order valence-electron chi connectivity index (χ0n) is 24.0. The van der Waals surface area contributed by atoms with E-state index in [1.165, 1.54) is 0 Å². The summed E-state index contributed by atoms with van der Waals surface area (Å²) in [4.78, 5) is 52.0. The van der Waals surface area contributed by atoms with Crippen LogP contribution in [0.1, 0.15) is 69.7 Å². The number of hydrogen-bond acceptors (Lipinski definition) is 6. The Hall–Kier alpha value is -3.34. The van der Waals surface area contributed by atoms with E-state index in [0.29, 0.717) is 52.0 Å². The fourth-order valence-electron chi connectivity index (χ4n) is 5.01. The minimum absolute atomic E-state index is 0.186.